The summed E-state index contributed by atoms with van der Waals surface area (Å²) in [6, 6.07) is 2.14. The normalized spacial score (nSPS) is 35.2. The molecule has 2 heterocycles. The number of hydrogen-bond acceptors (Lipinski definition) is 7. The van der Waals surface area contributed by atoms with Crippen molar-refractivity contribution in [2.24, 2.45) is 17.3 Å². The number of aliphatic hydroxyl groups excluding tert-OH is 3. The van der Waals surface area contributed by atoms with Gasteiger partial charge in [-0.3, -0.25) is 0 Å². The van der Waals surface area contributed by atoms with E-state index < -0.39 is 17.6 Å². The fourth-order valence-electron chi connectivity index (χ4n) is 5.23. The van der Waals surface area contributed by atoms with Crippen molar-refractivity contribution in [3.8, 4) is 0 Å². The Morgan fingerprint density at radius 2 is 2.14 bits per heavy atom. The molecule has 2 aromatic rings. The number of anilines is 1. The zero-order valence-electron chi connectivity index (χ0n) is 16.2. The molecule has 7 nitrogen and oxygen atoms in total. The second kappa shape index (κ2) is 6.58. The van der Waals surface area contributed by atoms with Gasteiger partial charge >= 0.3 is 0 Å². The minimum atomic E-state index is -0.902. The third-order valence-electron chi connectivity index (χ3n) is 7.16. The highest BCUT2D eigenvalue weighted by molar-refractivity contribution is 7.98. The standard InChI is InChI=1S/C20H28N4O3S/c1-3-13(10-4-5-10)21-17-11-6-7-24(18(11)23-19(22-17)28-2)14-12-8-20(12,9-25)16(27)15(14)26/h6-7,10,12-16,25-27H,3-5,8-9H2,1-2H3,(H,21,22,23)/t12-,13-,14-,15+,16+,20+/m1/s1. The summed E-state index contributed by atoms with van der Waals surface area (Å²) in [4.78, 5) is 9.46. The van der Waals surface area contributed by atoms with Crippen molar-refractivity contribution in [2.45, 2.75) is 62.1 Å². The molecule has 152 valence electrons. The SMILES string of the molecule is CC[C@@H](Nc1nc(SC)nc2c1ccn2[C@H]1[C@H](O)[C@H](O)[C@]2(CO)C[C@H]12)C1CC1. The van der Waals surface area contributed by atoms with E-state index in [1.54, 1.807) is 0 Å². The number of fused-ring (bicyclic) bond motifs is 2. The Bertz CT molecular complexity index is 901. The fraction of sp³-hybridized carbons (Fsp3) is 0.700. The molecule has 0 bridgehead atoms. The topological polar surface area (TPSA) is 103 Å². The second-order valence-electron chi connectivity index (χ2n) is 8.64. The van der Waals surface area contributed by atoms with E-state index in [0.717, 1.165) is 35.6 Å². The lowest BCUT2D eigenvalue weighted by atomic mass is 10.0. The molecular weight excluding hydrogens is 376 g/mol. The molecule has 2 aromatic heterocycles. The number of rotatable bonds is 7. The van der Waals surface area contributed by atoms with Gasteiger partial charge in [-0.25, -0.2) is 9.97 Å². The predicted molar refractivity (Wildman–Crippen MR) is 108 cm³/mol. The highest BCUT2D eigenvalue weighted by Gasteiger charge is 2.71. The fourth-order valence-corrected chi connectivity index (χ4v) is 5.59. The van der Waals surface area contributed by atoms with Crippen LogP contribution in [0.2, 0.25) is 0 Å². The Balaban J connectivity index is 1.55. The summed E-state index contributed by atoms with van der Waals surface area (Å²) in [5, 5.41) is 36.3. The van der Waals surface area contributed by atoms with Crippen molar-refractivity contribution < 1.29 is 15.3 Å². The van der Waals surface area contributed by atoms with E-state index >= 15 is 0 Å². The van der Waals surface area contributed by atoms with Crippen molar-refractivity contribution in [3.05, 3.63) is 12.3 Å². The van der Waals surface area contributed by atoms with E-state index in [2.05, 4.69) is 12.2 Å². The van der Waals surface area contributed by atoms with Crippen LogP contribution in [0.25, 0.3) is 11.0 Å². The van der Waals surface area contributed by atoms with Crippen LogP contribution in [0.1, 0.15) is 38.6 Å². The minimum Gasteiger partial charge on any atom is -0.396 e. The molecule has 5 rings (SSSR count). The van der Waals surface area contributed by atoms with Crippen LogP contribution in [-0.2, 0) is 0 Å². The molecule has 0 radical (unpaired) electrons. The van der Waals surface area contributed by atoms with Gasteiger partial charge in [0.25, 0.3) is 0 Å². The van der Waals surface area contributed by atoms with Crippen LogP contribution in [0.5, 0.6) is 0 Å². The number of hydrogen-bond donors (Lipinski definition) is 4. The molecule has 0 amide bonds. The first-order valence-electron chi connectivity index (χ1n) is 10.2. The average Bonchev–Trinajstić information content (AvgIpc) is 3.61. The molecule has 28 heavy (non-hydrogen) atoms. The third kappa shape index (κ3) is 2.61. The van der Waals surface area contributed by atoms with E-state index in [-0.39, 0.29) is 18.6 Å². The van der Waals surface area contributed by atoms with Gasteiger partial charge in [0.1, 0.15) is 17.6 Å². The minimum absolute atomic E-state index is 0.0667. The Hall–Kier alpha value is -1.35. The van der Waals surface area contributed by atoms with Crippen LogP contribution in [-0.4, -0.2) is 61.0 Å². The molecule has 3 saturated carbocycles. The zero-order valence-corrected chi connectivity index (χ0v) is 17.1. The van der Waals surface area contributed by atoms with Crippen molar-refractivity contribution in [3.63, 3.8) is 0 Å². The van der Waals surface area contributed by atoms with Gasteiger partial charge in [0.05, 0.1) is 24.1 Å². The molecule has 8 heteroatoms. The first-order valence-corrected chi connectivity index (χ1v) is 11.4. The predicted octanol–water partition coefficient (Wildman–Crippen LogP) is 2.03. The van der Waals surface area contributed by atoms with Gasteiger partial charge in [-0.05, 0) is 49.8 Å². The molecule has 4 N–H and O–H groups in total. The smallest absolute Gasteiger partial charge is 0.191 e. The second-order valence-corrected chi connectivity index (χ2v) is 9.42. The largest absolute Gasteiger partial charge is 0.396 e. The van der Waals surface area contributed by atoms with Crippen LogP contribution < -0.4 is 5.32 Å². The van der Waals surface area contributed by atoms with Gasteiger partial charge in [0, 0.05) is 17.7 Å². The highest BCUT2D eigenvalue weighted by Crippen LogP contribution is 2.67. The van der Waals surface area contributed by atoms with Gasteiger partial charge < -0.3 is 25.2 Å². The molecule has 0 aromatic carbocycles. The number of aromatic nitrogens is 3. The van der Waals surface area contributed by atoms with Gasteiger partial charge in [-0.15, -0.1) is 0 Å². The summed E-state index contributed by atoms with van der Waals surface area (Å²) in [6.07, 6.45) is 6.43. The Morgan fingerprint density at radius 1 is 1.36 bits per heavy atom. The summed E-state index contributed by atoms with van der Waals surface area (Å²) in [5.74, 6) is 1.64. The van der Waals surface area contributed by atoms with Crippen LogP contribution >= 0.6 is 11.8 Å². The molecule has 0 spiro atoms. The number of nitrogens with one attached hydrogen (secondary N) is 1. The first-order chi connectivity index (χ1) is 13.5. The van der Waals surface area contributed by atoms with E-state index in [1.807, 2.05) is 23.1 Å². The monoisotopic (exact) mass is 404 g/mol. The molecule has 0 aliphatic heterocycles. The summed E-state index contributed by atoms with van der Waals surface area (Å²) in [7, 11) is 0. The van der Waals surface area contributed by atoms with Gasteiger partial charge in [-0.1, -0.05) is 18.7 Å². The maximum Gasteiger partial charge on any atom is 0.191 e. The van der Waals surface area contributed by atoms with E-state index in [9.17, 15) is 15.3 Å². The molecule has 3 aliphatic carbocycles. The number of aliphatic hydroxyl groups is 3. The lowest BCUT2D eigenvalue weighted by Gasteiger charge is -2.24. The lowest BCUT2D eigenvalue weighted by Crippen LogP contribution is -2.35. The van der Waals surface area contributed by atoms with Crippen molar-refractivity contribution >= 4 is 28.6 Å². The Kier molecular flexibility index (Phi) is 4.39. The lowest BCUT2D eigenvalue weighted by molar-refractivity contribution is -0.0300. The number of nitrogens with zero attached hydrogens (tertiary/aromatic N) is 3. The summed E-state index contributed by atoms with van der Waals surface area (Å²) in [6.45, 7) is 2.11. The van der Waals surface area contributed by atoms with E-state index in [0.29, 0.717) is 11.2 Å². The van der Waals surface area contributed by atoms with Crippen molar-refractivity contribution in [2.75, 3.05) is 18.2 Å². The zero-order chi connectivity index (χ0) is 19.6. The molecule has 0 unspecified atom stereocenters. The molecule has 3 fully saturated rings. The van der Waals surface area contributed by atoms with Crippen LogP contribution in [0.4, 0.5) is 5.82 Å². The molecule has 3 aliphatic rings. The maximum atomic E-state index is 10.7. The van der Waals surface area contributed by atoms with E-state index in [1.165, 1.54) is 24.6 Å². The van der Waals surface area contributed by atoms with Crippen LogP contribution in [0.3, 0.4) is 0 Å². The van der Waals surface area contributed by atoms with Crippen molar-refractivity contribution in [1.29, 1.82) is 0 Å². The Labute approximate surface area is 168 Å². The maximum absolute atomic E-state index is 10.7. The van der Waals surface area contributed by atoms with E-state index in [4.69, 9.17) is 9.97 Å². The van der Waals surface area contributed by atoms with Crippen LogP contribution in [0.15, 0.2) is 17.4 Å². The molecular formula is C20H28N4O3S. The van der Waals surface area contributed by atoms with Gasteiger partial charge in [-0.2, -0.15) is 0 Å². The van der Waals surface area contributed by atoms with Gasteiger partial charge in [0.2, 0.25) is 0 Å². The highest BCUT2D eigenvalue weighted by atomic mass is 32.2. The van der Waals surface area contributed by atoms with Crippen LogP contribution in [0, 0.1) is 17.3 Å². The average molecular weight is 405 g/mol. The van der Waals surface area contributed by atoms with Gasteiger partial charge in [0.15, 0.2) is 5.16 Å². The number of thioether (sulfide) groups is 1. The third-order valence-corrected chi connectivity index (χ3v) is 7.70. The Morgan fingerprint density at radius 3 is 2.75 bits per heavy atom. The molecule has 6 atom stereocenters. The molecule has 0 saturated heterocycles. The first kappa shape index (κ1) is 18.7. The summed E-state index contributed by atoms with van der Waals surface area (Å²) < 4.78 is 1.99. The van der Waals surface area contributed by atoms with Crippen molar-refractivity contribution in [1.82, 2.24) is 14.5 Å². The summed E-state index contributed by atoms with van der Waals surface area (Å²) in [5.41, 5.74) is 0.223. The quantitative estimate of drug-likeness (QED) is 0.413. The summed E-state index contributed by atoms with van der Waals surface area (Å²) >= 11 is 1.50.